The Bertz CT molecular complexity index is 552. The second-order valence-corrected chi connectivity index (χ2v) is 3.04. The summed E-state index contributed by atoms with van der Waals surface area (Å²) in [7, 11) is 0. The number of H-pyrrole nitrogens is 1. The van der Waals surface area contributed by atoms with E-state index in [9.17, 15) is 9.59 Å². The van der Waals surface area contributed by atoms with Gasteiger partial charge in [0.2, 0.25) is 0 Å². The summed E-state index contributed by atoms with van der Waals surface area (Å²) in [6.07, 6.45) is 0. The zero-order chi connectivity index (χ0) is 12.3. The van der Waals surface area contributed by atoms with Crippen LogP contribution >= 0.6 is 0 Å². The van der Waals surface area contributed by atoms with Gasteiger partial charge in [0, 0.05) is 0 Å². The molecule has 1 heterocycles. The van der Waals surface area contributed by atoms with Gasteiger partial charge in [0.1, 0.15) is 0 Å². The van der Waals surface area contributed by atoms with Crippen molar-refractivity contribution >= 4 is 17.8 Å². The fourth-order valence-corrected chi connectivity index (χ4v) is 1.25. The maximum absolute atomic E-state index is 11.7. The van der Waals surface area contributed by atoms with Gasteiger partial charge in [-0.25, -0.2) is 4.79 Å². The molecule has 1 aromatic heterocycles. The number of anilines is 1. The average molecular weight is 233 g/mol. The highest BCUT2D eigenvalue weighted by Crippen LogP contribution is 2.10. The molecule has 0 saturated heterocycles. The first-order valence-electron chi connectivity index (χ1n) is 4.55. The van der Waals surface area contributed by atoms with Crippen molar-refractivity contribution in [3.8, 4) is 0 Å². The molecule has 0 spiro atoms. The first-order valence-corrected chi connectivity index (χ1v) is 4.55. The number of carbonyl (C=O) groups excluding carboxylic acids is 1. The number of aromatic carboxylic acids is 1. The van der Waals surface area contributed by atoms with Crippen molar-refractivity contribution in [3.63, 3.8) is 0 Å². The monoisotopic (exact) mass is 233 g/mol. The molecule has 8 nitrogen and oxygen atoms in total. The summed E-state index contributed by atoms with van der Waals surface area (Å²) in [6.45, 7) is 0. The molecule has 1 amide bonds. The lowest BCUT2D eigenvalue weighted by Gasteiger charge is -2.03. The summed E-state index contributed by atoms with van der Waals surface area (Å²) in [5.41, 5.74) is -0.0571. The summed E-state index contributed by atoms with van der Waals surface area (Å²) in [6, 6.07) is 5.85. The molecular weight excluding hydrogens is 226 g/mol. The topological polar surface area (TPSA) is 121 Å². The highest BCUT2D eigenvalue weighted by Gasteiger charge is 2.16. The van der Waals surface area contributed by atoms with Crippen LogP contribution in [0.2, 0.25) is 0 Å². The van der Waals surface area contributed by atoms with Crippen LogP contribution in [-0.2, 0) is 0 Å². The maximum atomic E-state index is 11.7. The van der Waals surface area contributed by atoms with Gasteiger partial charge in [-0.1, -0.05) is 17.2 Å². The molecule has 0 aliphatic heterocycles. The number of aromatic nitrogens is 4. The Morgan fingerprint density at radius 3 is 2.53 bits per heavy atom. The number of hydrogen-bond donors (Lipinski definition) is 3. The number of tetrazole rings is 1. The predicted octanol–water partition coefficient (Wildman–Crippen LogP) is 0.150. The Morgan fingerprint density at radius 1 is 1.24 bits per heavy atom. The molecule has 0 saturated carbocycles. The lowest BCUT2D eigenvalue weighted by molar-refractivity contribution is 0.0692. The van der Waals surface area contributed by atoms with E-state index in [0.29, 0.717) is 0 Å². The van der Waals surface area contributed by atoms with Crippen molar-refractivity contribution in [3.05, 3.63) is 35.4 Å². The molecule has 2 rings (SSSR count). The van der Waals surface area contributed by atoms with Crippen molar-refractivity contribution < 1.29 is 14.7 Å². The van der Waals surface area contributed by atoms with Crippen molar-refractivity contribution in [2.45, 2.75) is 0 Å². The van der Waals surface area contributed by atoms with Crippen molar-refractivity contribution in [1.29, 1.82) is 0 Å². The molecule has 17 heavy (non-hydrogen) atoms. The van der Waals surface area contributed by atoms with E-state index in [1.807, 2.05) is 0 Å². The van der Waals surface area contributed by atoms with E-state index in [4.69, 9.17) is 5.11 Å². The average Bonchev–Trinajstić information content (AvgIpc) is 2.81. The van der Waals surface area contributed by atoms with E-state index in [0.717, 1.165) is 0 Å². The van der Waals surface area contributed by atoms with Gasteiger partial charge in [0.05, 0.1) is 11.1 Å². The van der Waals surface area contributed by atoms with Crippen LogP contribution in [0.25, 0.3) is 0 Å². The second-order valence-electron chi connectivity index (χ2n) is 3.04. The normalized spacial score (nSPS) is 9.88. The van der Waals surface area contributed by atoms with E-state index < -0.39 is 11.9 Å². The number of amides is 1. The third-order valence-electron chi connectivity index (χ3n) is 1.97. The summed E-state index contributed by atoms with van der Waals surface area (Å²) in [5, 5.41) is 23.7. The van der Waals surface area contributed by atoms with E-state index >= 15 is 0 Å². The van der Waals surface area contributed by atoms with Crippen molar-refractivity contribution in [1.82, 2.24) is 20.6 Å². The number of aromatic amines is 1. The summed E-state index contributed by atoms with van der Waals surface area (Å²) >= 11 is 0. The third kappa shape index (κ3) is 2.25. The maximum Gasteiger partial charge on any atom is 0.336 e. The molecule has 0 unspecified atom stereocenters. The Kier molecular flexibility index (Phi) is 2.77. The van der Waals surface area contributed by atoms with Crippen LogP contribution in [-0.4, -0.2) is 37.6 Å². The molecule has 1 aromatic carbocycles. The number of nitrogens with one attached hydrogen (secondary N) is 2. The largest absolute Gasteiger partial charge is 0.478 e. The van der Waals surface area contributed by atoms with Crippen molar-refractivity contribution in [2.75, 3.05) is 5.32 Å². The van der Waals surface area contributed by atoms with Crippen LogP contribution in [0.4, 0.5) is 5.95 Å². The zero-order valence-electron chi connectivity index (χ0n) is 8.41. The first kappa shape index (κ1) is 10.7. The molecule has 0 atom stereocenters. The molecule has 3 N–H and O–H groups in total. The van der Waals surface area contributed by atoms with Crippen molar-refractivity contribution in [2.24, 2.45) is 0 Å². The Morgan fingerprint density at radius 2 is 1.94 bits per heavy atom. The number of benzene rings is 1. The lowest BCUT2D eigenvalue weighted by Crippen LogP contribution is -2.17. The Balaban J connectivity index is 2.28. The zero-order valence-corrected chi connectivity index (χ0v) is 8.41. The molecule has 8 heteroatoms. The SMILES string of the molecule is O=C(O)c1ccccc1C(=O)Nc1nn[nH]n1. The number of carbonyl (C=O) groups is 2. The number of carboxylic acid groups (broad SMARTS) is 1. The molecule has 0 bridgehead atoms. The standard InChI is InChI=1S/C9H7N5O3/c15-7(10-9-11-13-14-12-9)5-3-1-2-4-6(5)8(16)17/h1-4H,(H,16,17)(H2,10,11,12,13,14,15). The van der Waals surface area contributed by atoms with Gasteiger partial charge >= 0.3 is 5.97 Å². The van der Waals surface area contributed by atoms with Gasteiger partial charge in [0.25, 0.3) is 11.9 Å². The minimum atomic E-state index is -1.18. The fourth-order valence-electron chi connectivity index (χ4n) is 1.25. The van der Waals surface area contributed by atoms with Crippen LogP contribution in [0.5, 0.6) is 0 Å². The highest BCUT2D eigenvalue weighted by molar-refractivity contribution is 6.10. The number of hydrogen-bond acceptors (Lipinski definition) is 5. The molecule has 86 valence electrons. The molecular formula is C9H7N5O3. The highest BCUT2D eigenvalue weighted by atomic mass is 16.4. The minimum Gasteiger partial charge on any atom is -0.478 e. The number of carboxylic acids is 1. The molecule has 0 fully saturated rings. The second kappa shape index (κ2) is 4.39. The molecule has 0 aliphatic rings. The minimum absolute atomic E-state index is 0.0183. The van der Waals surface area contributed by atoms with E-state index in [1.54, 1.807) is 6.07 Å². The Hall–Kier alpha value is -2.77. The fraction of sp³-hybridized carbons (Fsp3) is 0. The van der Waals surface area contributed by atoms with Gasteiger partial charge < -0.3 is 5.11 Å². The van der Waals surface area contributed by atoms with Gasteiger partial charge in [-0.3, -0.25) is 10.1 Å². The van der Waals surface area contributed by atoms with E-state index in [2.05, 4.69) is 25.9 Å². The predicted molar refractivity (Wildman–Crippen MR) is 55.5 cm³/mol. The van der Waals surface area contributed by atoms with Gasteiger partial charge in [-0.15, -0.1) is 5.10 Å². The summed E-state index contributed by atoms with van der Waals surface area (Å²) < 4.78 is 0. The quantitative estimate of drug-likeness (QED) is 0.693. The molecule has 0 aliphatic carbocycles. The van der Waals surface area contributed by atoms with Crippen LogP contribution in [0, 0.1) is 0 Å². The van der Waals surface area contributed by atoms with E-state index in [-0.39, 0.29) is 17.1 Å². The smallest absolute Gasteiger partial charge is 0.336 e. The molecule has 0 radical (unpaired) electrons. The van der Waals surface area contributed by atoms with Crippen LogP contribution in [0.1, 0.15) is 20.7 Å². The summed E-state index contributed by atoms with van der Waals surface area (Å²) in [5.74, 6) is -1.80. The van der Waals surface area contributed by atoms with Crippen LogP contribution in [0.3, 0.4) is 0 Å². The van der Waals surface area contributed by atoms with Crippen LogP contribution < -0.4 is 5.32 Å². The first-order chi connectivity index (χ1) is 8.18. The van der Waals surface area contributed by atoms with Gasteiger partial charge in [0.15, 0.2) is 0 Å². The van der Waals surface area contributed by atoms with Gasteiger partial charge in [-0.05, 0) is 17.3 Å². The van der Waals surface area contributed by atoms with Gasteiger partial charge in [-0.2, -0.15) is 5.21 Å². The third-order valence-corrected chi connectivity index (χ3v) is 1.97. The number of rotatable bonds is 3. The summed E-state index contributed by atoms with van der Waals surface area (Å²) in [4.78, 5) is 22.6. The van der Waals surface area contributed by atoms with E-state index in [1.165, 1.54) is 18.2 Å². The Labute approximate surface area is 94.7 Å². The lowest BCUT2D eigenvalue weighted by atomic mass is 10.1. The molecule has 2 aromatic rings. The van der Waals surface area contributed by atoms with Crippen LogP contribution in [0.15, 0.2) is 24.3 Å². The number of nitrogens with zero attached hydrogens (tertiary/aromatic N) is 3.